The fourth-order valence-corrected chi connectivity index (χ4v) is 1.99. The van der Waals surface area contributed by atoms with Gasteiger partial charge in [0.25, 0.3) is 6.02 Å². The molecule has 6 heteroatoms. The normalized spacial score (nSPS) is 22.1. The SMILES string of the molecule is CC(=O)Nc1ccnc([C@]2(C)C=C(C)OC(N)=N2)c1. The molecule has 0 saturated heterocycles. The Kier molecular flexibility index (Phi) is 3.25. The lowest BCUT2D eigenvalue weighted by Crippen LogP contribution is -2.30. The molecule has 19 heavy (non-hydrogen) atoms. The number of amidine groups is 1. The molecular formula is C13H16N4O2. The number of hydrogen-bond acceptors (Lipinski definition) is 5. The van der Waals surface area contributed by atoms with Crippen molar-refractivity contribution >= 4 is 17.6 Å². The molecule has 1 aliphatic rings. The van der Waals surface area contributed by atoms with Crippen LogP contribution in [0.2, 0.25) is 0 Å². The molecule has 1 atom stereocenters. The zero-order valence-electron chi connectivity index (χ0n) is 11.1. The molecule has 0 unspecified atom stereocenters. The minimum Gasteiger partial charge on any atom is -0.431 e. The van der Waals surface area contributed by atoms with Crippen LogP contribution in [0.5, 0.6) is 0 Å². The molecule has 0 saturated carbocycles. The predicted octanol–water partition coefficient (Wildman–Crippen LogP) is 1.50. The average Bonchev–Trinajstić information content (AvgIpc) is 2.26. The Balaban J connectivity index is 2.40. The highest BCUT2D eigenvalue weighted by Crippen LogP contribution is 2.31. The van der Waals surface area contributed by atoms with E-state index < -0.39 is 5.54 Å². The highest BCUT2D eigenvalue weighted by atomic mass is 16.5. The van der Waals surface area contributed by atoms with E-state index in [0.29, 0.717) is 17.1 Å². The van der Waals surface area contributed by atoms with Crippen LogP contribution in [-0.2, 0) is 15.1 Å². The minimum atomic E-state index is -0.694. The molecule has 2 rings (SSSR count). The van der Waals surface area contributed by atoms with Gasteiger partial charge >= 0.3 is 0 Å². The maximum absolute atomic E-state index is 11.1. The third kappa shape index (κ3) is 2.90. The number of allylic oxidation sites excluding steroid dienone is 1. The van der Waals surface area contributed by atoms with Crippen molar-refractivity contribution in [1.82, 2.24) is 4.98 Å². The number of carbonyl (C=O) groups is 1. The molecule has 6 nitrogen and oxygen atoms in total. The number of nitrogens with zero attached hydrogens (tertiary/aromatic N) is 2. The van der Waals surface area contributed by atoms with Crippen molar-refractivity contribution in [2.45, 2.75) is 26.3 Å². The van der Waals surface area contributed by atoms with E-state index >= 15 is 0 Å². The van der Waals surface area contributed by atoms with E-state index in [2.05, 4.69) is 15.3 Å². The fourth-order valence-electron chi connectivity index (χ4n) is 1.99. The van der Waals surface area contributed by atoms with Gasteiger partial charge in [0.2, 0.25) is 5.91 Å². The van der Waals surface area contributed by atoms with Gasteiger partial charge in [-0.1, -0.05) is 0 Å². The number of rotatable bonds is 2. The molecule has 1 aromatic heterocycles. The third-order valence-corrected chi connectivity index (χ3v) is 2.69. The second-order valence-corrected chi connectivity index (χ2v) is 4.57. The molecule has 2 heterocycles. The second kappa shape index (κ2) is 4.72. The van der Waals surface area contributed by atoms with Gasteiger partial charge in [0.1, 0.15) is 11.3 Å². The first-order chi connectivity index (χ1) is 8.89. The van der Waals surface area contributed by atoms with E-state index in [1.807, 2.05) is 13.0 Å². The summed E-state index contributed by atoms with van der Waals surface area (Å²) in [6.45, 7) is 5.14. The summed E-state index contributed by atoms with van der Waals surface area (Å²) in [5, 5.41) is 2.71. The van der Waals surface area contributed by atoms with Crippen molar-refractivity contribution in [1.29, 1.82) is 0 Å². The lowest BCUT2D eigenvalue weighted by Gasteiger charge is -2.26. The highest BCUT2D eigenvalue weighted by molar-refractivity contribution is 5.88. The van der Waals surface area contributed by atoms with Gasteiger partial charge in [0.05, 0.1) is 5.69 Å². The number of nitrogens with one attached hydrogen (secondary N) is 1. The number of hydrogen-bond donors (Lipinski definition) is 2. The molecule has 0 fully saturated rings. The van der Waals surface area contributed by atoms with Crippen LogP contribution >= 0.6 is 0 Å². The molecule has 0 radical (unpaired) electrons. The Morgan fingerprint density at radius 1 is 1.53 bits per heavy atom. The Hall–Kier alpha value is -2.37. The van der Waals surface area contributed by atoms with Crippen LogP contribution < -0.4 is 11.1 Å². The van der Waals surface area contributed by atoms with E-state index in [1.54, 1.807) is 25.3 Å². The van der Waals surface area contributed by atoms with E-state index in [0.717, 1.165) is 0 Å². The lowest BCUT2D eigenvalue weighted by molar-refractivity contribution is -0.114. The molecule has 0 aliphatic carbocycles. The Bertz CT molecular complexity index is 560. The predicted molar refractivity (Wildman–Crippen MR) is 72.4 cm³/mol. The molecule has 3 N–H and O–H groups in total. The average molecular weight is 260 g/mol. The first-order valence-corrected chi connectivity index (χ1v) is 5.86. The zero-order valence-corrected chi connectivity index (χ0v) is 11.1. The lowest BCUT2D eigenvalue weighted by atomic mass is 9.96. The summed E-state index contributed by atoms with van der Waals surface area (Å²) in [7, 11) is 0. The summed E-state index contributed by atoms with van der Waals surface area (Å²) in [5.74, 6) is 0.533. The molecule has 1 aromatic rings. The van der Waals surface area contributed by atoms with Crippen molar-refractivity contribution in [3.8, 4) is 0 Å². The molecule has 0 aromatic carbocycles. The van der Waals surface area contributed by atoms with E-state index in [-0.39, 0.29) is 11.9 Å². The number of amides is 1. The molecular weight excluding hydrogens is 244 g/mol. The summed E-state index contributed by atoms with van der Waals surface area (Å²) in [6, 6.07) is 3.60. The largest absolute Gasteiger partial charge is 0.431 e. The standard InChI is InChI=1S/C13H16N4O2/c1-8-7-13(3,17-12(14)19-8)11-6-10(4-5-15-11)16-9(2)18/h4-7H,1-3H3,(H2,14,17)(H,15,16,18)/t13-/m0/s1. The Labute approximate surface area is 111 Å². The Morgan fingerprint density at radius 2 is 2.26 bits per heavy atom. The summed E-state index contributed by atoms with van der Waals surface area (Å²) >= 11 is 0. The number of carbonyl (C=O) groups excluding carboxylic acids is 1. The van der Waals surface area contributed by atoms with Crippen LogP contribution in [0.15, 0.2) is 35.2 Å². The van der Waals surface area contributed by atoms with Crippen molar-refractivity contribution in [2.24, 2.45) is 10.7 Å². The maximum atomic E-state index is 11.1. The smallest absolute Gasteiger partial charge is 0.288 e. The number of anilines is 1. The molecule has 1 amide bonds. The van der Waals surface area contributed by atoms with E-state index in [4.69, 9.17) is 10.5 Å². The maximum Gasteiger partial charge on any atom is 0.288 e. The quantitative estimate of drug-likeness (QED) is 0.843. The third-order valence-electron chi connectivity index (χ3n) is 2.69. The van der Waals surface area contributed by atoms with Crippen molar-refractivity contribution in [3.05, 3.63) is 35.9 Å². The van der Waals surface area contributed by atoms with Crippen LogP contribution in [0.4, 0.5) is 5.69 Å². The molecule has 0 spiro atoms. The number of nitrogens with two attached hydrogens (primary N) is 1. The van der Waals surface area contributed by atoms with Gasteiger partial charge < -0.3 is 15.8 Å². The van der Waals surface area contributed by atoms with Gasteiger partial charge in [0, 0.05) is 18.8 Å². The monoisotopic (exact) mass is 260 g/mol. The minimum absolute atomic E-state index is 0.106. The number of pyridine rings is 1. The topological polar surface area (TPSA) is 89.6 Å². The van der Waals surface area contributed by atoms with Crippen LogP contribution in [0.3, 0.4) is 0 Å². The van der Waals surface area contributed by atoms with Gasteiger partial charge in [-0.3, -0.25) is 9.78 Å². The second-order valence-electron chi connectivity index (χ2n) is 4.57. The summed E-state index contributed by atoms with van der Waals surface area (Å²) in [4.78, 5) is 19.6. The highest BCUT2D eigenvalue weighted by Gasteiger charge is 2.30. The first-order valence-electron chi connectivity index (χ1n) is 5.86. The molecule has 1 aliphatic heterocycles. The van der Waals surface area contributed by atoms with Gasteiger partial charge in [-0.25, -0.2) is 4.99 Å². The van der Waals surface area contributed by atoms with Crippen LogP contribution in [0, 0.1) is 0 Å². The van der Waals surface area contributed by atoms with Gasteiger partial charge in [-0.05, 0) is 32.1 Å². The summed E-state index contributed by atoms with van der Waals surface area (Å²) in [5.41, 5.74) is 6.31. The van der Waals surface area contributed by atoms with Crippen LogP contribution in [0.25, 0.3) is 0 Å². The molecule has 100 valence electrons. The first kappa shape index (κ1) is 13.1. The number of aromatic nitrogens is 1. The van der Waals surface area contributed by atoms with Gasteiger partial charge in [-0.15, -0.1) is 0 Å². The number of ether oxygens (including phenoxy) is 1. The summed E-state index contributed by atoms with van der Waals surface area (Å²) in [6.07, 6.45) is 3.46. The van der Waals surface area contributed by atoms with Crippen molar-refractivity contribution < 1.29 is 9.53 Å². The van der Waals surface area contributed by atoms with Crippen LogP contribution in [-0.4, -0.2) is 16.9 Å². The van der Waals surface area contributed by atoms with Crippen molar-refractivity contribution in [2.75, 3.05) is 5.32 Å². The van der Waals surface area contributed by atoms with E-state index in [9.17, 15) is 4.79 Å². The van der Waals surface area contributed by atoms with E-state index in [1.165, 1.54) is 6.92 Å². The van der Waals surface area contributed by atoms with Crippen LogP contribution in [0.1, 0.15) is 26.5 Å². The van der Waals surface area contributed by atoms with Gasteiger partial charge in [-0.2, -0.15) is 0 Å². The Morgan fingerprint density at radius 3 is 2.89 bits per heavy atom. The van der Waals surface area contributed by atoms with Gasteiger partial charge in [0.15, 0.2) is 0 Å². The fraction of sp³-hybridized carbons (Fsp3) is 0.308. The molecule has 0 bridgehead atoms. The van der Waals surface area contributed by atoms with Crippen molar-refractivity contribution in [3.63, 3.8) is 0 Å². The number of aliphatic imine (C=N–C) groups is 1. The summed E-state index contributed by atoms with van der Waals surface area (Å²) < 4.78 is 5.19. The zero-order chi connectivity index (χ0) is 14.0.